The van der Waals surface area contributed by atoms with Gasteiger partial charge in [0, 0.05) is 57.7 Å². The Balaban J connectivity index is 1.23. The minimum absolute atomic E-state index is 0.191. The molecule has 0 atom stereocenters. The number of hydrogen-bond donors (Lipinski definition) is 2. The normalized spacial score (nSPS) is 15.6. The van der Waals surface area contributed by atoms with Gasteiger partial charge in [0.2, 0.25) is 0 Å². The zero-order valence-electron chi connectivity index (χ0n) is 19.9. The molecule has 2 aliphatic carbocycles. The van der Waals surface area contributed by atoms with E-state index in [2.05, 4.69) is 21.7 Å². The summed E-state index contributed by atoms with van der Waals surface area (Å²) in [5.41, 5.74) is 5.52. The highest BCUT2D eigenvalue weighted by atomic mass is 35.5. The lowest BCUT2D eigenvalue weighted by Gasteiger charge is -2.15. The molecule has 0 saturated heterocycles. The number of nitrogens with one attached hydrogen (secondary N) is 2. The fourth-order valence-electron chi connectivity index (χ4n) is 4.34. The molecular formula is C28H24Cl2N6O. The fraction of sp³-hybridized carbons (Fsp3) is 0.214. The molecule has 7 nitrogen and oxygen atoms in total. The minimum atomic E-state index is -0.191. The molecule has 1 amide bonds. The van der Waals surface area contributed by atoms with E-state index in [1.807, 2.05) is 47.0 Å². The Bertz CT molecular complexity index is 1540. The second-order valence-corrected chi connectivity index (χ2v) is 10.1. The molecule has 4 aromatic rings. The SMILES string of the molecule is O=C(NCC1=C(Cl)CCC=C1Cl)c1ccc(Nc2cc(-c3ccccn3)nc3cc(C4CC4)nn23)cc1. The van der Waals surface area contributed by atoms with Crippen LogP contribution in [-0.4, -0.2) is 32.0 Å². The fourth-order valence-corrected chi connectivity index (χ4v) is 4.95. The van der Waals surface area contributed by atoms with Crippen molar-refractivity contribution in [1.82, 2.24) is 24.9 Å². The third-order valence-electron chi connectivity index (χ3n) is 6.52. The van der Waals surface area contributed by atoms with Gasteiger partial charge in [0.1, 0.15) is 5.82 Å². The first kappa shape index (κ1) is 23.7. The molecule has 0 aliphatic heterocycles. The smallest absolute Gasteiger partial charge is 0.251 e. The van der Waals surface area contributed by atoms with Crippen molar-refractivity contribution in [2.45, 2.75) is 31.6 Å². The number of fused-ring (bicyclic) bond motifs is 1. The number of rotatable bonds is 7. The summed E-state index contributed by atoms with van der Waals surface area (Å²) in [6.07, 6.45) is 7.57. The number of pyridine rings is 1. The molecule has 186 valence electrons. The van der Waals surface area contributed by atoms with Gasteiger partial charge in [0.25, 0.3) is 5.91 Å². The van der Waals surface area contributed by atoms with Crippen molar-refractivity contribution in [3.05, 3.63) is 93.8 Å². The van der Waals surface area contributed by atoms with Crippen LogP contribution in [0.3, 0.4) is 0 Å². The predicted octanol–water partition coefficient (Wildman–Crippen LogP) is 6.55. The summed E-state index contributed by atoms with van der Waals surface area (Å²) in [5, 5.41) is 12.5. The zero-order chi connectivity index (χ0) is 25.4. The predicted molar refractivity (Wildman–Crippen MR) is 146 cm³/mol. The molecule has 0 unspecified atom stereocenters. The Hall–Kier alpha value is -3.68. The van der Waals surface area contributed by atoms with Gasteiger partial charge in [-0.3, -0.25) is 9.78 Å². The number of carbonyl (C=O) groups is 1. The molecule has 9 heteroatoms. The van der Waals surface area contributed by atoms with Crippen LogP contribution in [0.4, 0.5) is 11.5 Å². The molecular weight excluding hydrogens is 507 g/mol. The van der Waals surface area contributed by atoms with Gasteiger partial charge in [-0.2, -0.15) is 9.61 Å². The van der Waals surface area contributed by atoms with Gasteiger partial charge >= 0.3 is 0 Å². The average Bonchev–Trinajstić information content (AvgIpc) is 3.68. The monoisotopic (exact) mass is 530 g/mol. The van der Waals surface area contributed by atoms with Crippen LogP contribution in [0.5, 0.6) is 0 Å². The number of nitrogens with zero attached hydrogens (tertiary/aromatic N) is 4. The molecule has 2 aliphatic rings. The summed E-state index contributed by atoms with van der Waals surface area (Å²) < 4.78 is 1.83. The van der Waals surface area contributed by atoms with E-state index in [1.54, 1.807) is 18.3 Å². The van der Waals surface area contributed by atoms with Crippen LogP contribution in [0.25, 0.3) is 17.0 Å². The molecule has 2 N–H and O–H groups in total. The maximum Gasteiger partial charge on any atom is 0.251 e. The Morgan fingerprint density at radius 1 is 1.05 bits per heavy atom. The van der Waals surface area contributed by atoms with Crippen molar-refractivity contribution in [3.63, 3.8) is 0 Å². The van der Waals surface area contributed by atoms with Crippen molar-refractivity contribution < 1.29 is 4.79 Å². The minimum Gasteiger partial charge on any atom is -0.348 e. The molecule has 0 bridgehead atoms. The molecule has 1 saturated carbocycles. The second-order valence-electron chi connectivity index (χ2n) is 9.21. The highest BCUT2D eigenvalue weighted by molar-refractivity contribution is 6.36. The third-order valence-corrected chi connectivity index (χ3v) is 7.32. The van der Waals surface area contributed by atoms with Crippen LogP contribution in [0.15, 0.2) is 82.5 Å². The second kappa shape index (κ2) is 10.00. The van der Waals surface area contributed by atoms with E-state index in [0.717, 1.165) is 65.5 Å². The van der Waals surface area contributed by atoms with E-state index >= 15 is 0 Å². The number of hydrogen-bond acceptors (Lipinski definition) is 5. The first-order valence-electron chi connectivity index (χ1n) is 12.3. The van der Waals surface area contributed by atoms with Crippen molar-refractivity contribution in [2.24, 2.45) is 0 Å². The molecule has 0 spiro atoms. The van der Waals surface area contributed by atoms with Gasteiger partial charge in [-0.1, -0.05) is 35.3 Å². The van der Waals surface area contributed by atoms with E-state index < -0.39 is 0 Å². The largest absolute Gasteiger partial charge is 0.348 e. The average molecular weight is 531 g/mol. The topological polar surface area (TPSA) is 84.2 Å². The summed E-state index contributed by atoms with van der Waals surface area (Å²) in [6, 6.07) is 17.1. The van der Waals surface area contributed by atoms with Crippen LogP contribution >= 0.6 is 23.2 Å². The van der Waals surface area contributed by atoms with Gasteiger partial charge in [0.05, 0.1) is 17.1 Å². The van der Waals surface area contributed by atoms with Crippen molar-refractivity contribution >= 4 is 46.3 Å². The summed E-state index contributed by atoms with van der Waals surface area (Å²) in [5.74, 6) is 1.09. The summed E-state index contributed by atoms with van der Waals surface area (Å²) in [7, 11) is 0. The highest BCUT2D eigenvalue weighted by Gasteiger charge is 2.27. The van der Waals surface area contributed by atoms with Crippen molar-refractivity contribution in [3.8, 4) is 11.4 Å². The van der Waals surface area contributed by atoms with E-state index in [9.17, 15) is 4.79 Å². The maximum absolute atomic E-state index is 12.7. The zero-order valence-corrected chi connectivity index (χ0v) is 21.4. The van der Waals surface area contributed by atoms with Crippen molar-refractivity contribution in [1.29, 1.82) is 0 Å². The first-order chi connectivity index (χ1) is 18.0. The molecule has 3 aromatic heterocycles. The van der Waals surface area contributed by atoms with E-state index in [1.165, 1.54) is 0 Å². The summed E-state index contributed by atoms with van der Waals surface area (Å²) in [6.45, 7) is 0.293. The van der Waals surface area contributed by atoms with Crippen molar-refractivity contribution in [2.75, 3.05) is 11.9 Å². The molecule has 1 aromatic carbocycles. The van der Waals surface area contributed by atoms with Gasteiger partial charge in [-0.25, -0.2) is 4.98 Å². The Morgan fingerprint density at radius 2 is 1.89 bits per heavy atom. The highest BCUT2D eigenvalue weighted by Crippen LogP contribution is 2.40. The lowest BCUT2D eigenvalue weighted by Crippen LogP contribution is -2.26. The number of allylic oxidation sites excluding steroid dienone is 2. The summed E-state index contributed by atoms with van der Waals surface area (Å²) >= 11 is 12.6. The number of carbonyl (C=O) groups excluding carboxylic acids is 1. The Kier molecular flexibility index (Phi) is 6.40. The third kappa shape index (κ3) is 5.10. The molecule has 1 fully saturated rings. The van der Waals surface area contributed by atoms with E-state index in [-0.39, 0.29) is 5.91 Å². The number of benzene rings is 1. The van der Waals surface area contributed by atoms with Crippen LogP contribution < -0.4 is 10.6 Å². The van der Waals surface area contributed by atoms with Gasteiger partial charge in [0.15, 0.2) is 5.65 Å². The van der Waals surface area contributed by atoms with Crippen LogP contribution in [-0.2, 0) is 0 Å². The Labute approximate surface area is 224 Å². The van der Waals surface area contributed by atoms with Gasteiger partial charge in [-0.05, 0) is 62.1 Å². The molecule has 0 radical (unpaired) electrons. The Morgan fingerprint density at radius 3 is 2.62 bits per heavy atom. The van der Waals surface area contributed by atoms with Crippen LogP contribution in [0, 0.1) is 0 Å². The number of amides is 1. The standard InChI is InChI=1S/C28H24Cl2N6O/c29-21-4-3-5-22(30)20(21)16-32-28(37)18-9-11-19(12-10-18)33-26-15-25(23-6-1-2-13-31-23)34-27-14-24(17-7-8-17)35-36(26)27/h1-2,4,6,9-15,17,33H,3,5,7-8,16H2,(H,32,37). The quantitative estimate of drug-likeness (QED) is 0.283. The maximum atomic E-state index is 12.7. The van der Waals surface area contributed by atoms with Crippen LogP contribution in [0.1, 0.15) is 47.7 Å². The first-order valence-corrected chi connectivity index (χ1v) is 13.0. The van der Waals surface area contributed by atoms with Gasteiger partial charge in [-0.15, -0.1) is 0 Å². The summed E-state index contributed by atoms with van der Waals surface area (Å²) in [4.78, 5) is 22.0. The lowest BCUT2D eigenvalue weighted by atomic mass is 10.1. The van der Waals surface area contributed by atoms with Gasteiger partial charge < -0.3 is 10.6 Å². The molecule has 6 rings (SSSR count). The number of aromatic nitrogens is 4. The number of halogens is 2. The van der Waals surface area contributed by atoms with Crippen LogP contribution in [0.2, 0.25) is 0 Å². The molecule has 37 heavy (non-hydrogen) atoms. The lowest BCUT2D eigenvalue weighted by molar-refractivity contribution is 0.0957. The van der Waals surface area contributed by atoms with E-state index in [0.29, 0.717) is 28.1 Å². The number of anilines is 2. The molecule has 3 heterocycles. The van der Waals surface area contributed by atoms with E-state index in [4.69, 9.17) is 33.3 Å².